The van der Waals surface area contributed by atoms with Gasteiger partial charge in [0.15, 0.2) is 5.13 Å². The molecule has 0 fully saturated rings. The van der Waals surface area contributed by atoms with Gasteiger partial charge in [-0.05, 0) is 25.0 Å². The first-order valence-corrected chi connectivity index (χ1v) is 8.70. The molecule has 1 amide bonds. The Morgan fingerprint density at radius 3 is 2.57 bits per heavy atom. The van der Waals surface area contributed by atoms with Crippen LogP contribution in [-0.4, -0.2) is 17.4 Å². The Kier molecular flexibility index (Phi) is 5.53. The maximum Gasteiger partial charge on any atom is 0.229 e. The number of hydrogen-bond acceptors (Lipinski definition) is 3. The highest BCUT2D eigenvalue weighted by Gasteiger charge is 2.18. The quantitative estimate of drug-likeness (QED) is 0.747. The summed E-state index contributed by atoms with van der Waals surface area (Å²) >= 11 is 4.95. The number of anilines is 1. The van der Waals surface area contributed by atoms with Crippen LogP contribution in [0.4, 0.5) is 5.13 Å². The van der Waals surface area contributed by atoms with Crippen molar-refractivity contribution in [1.82, 2.24) is 4.98 Å². The summed E-state index contributed by atoms with van der Waals surface area (Å²) in [5, 5.41) is 2.78. The normalized spacial score (nSPS) is 10.9. The van der Waals surface area contributed by atoms with Crippen molar-refractivity contribution in [2.75, 3.05) is 11.4 Å². The maximum absolute atomic E-state index is 12.3. The van der Waals surface area contributed by atoms with Crippen LogP contribution in [0.1, 0.15) is 27.2 Å². The molecule has 0 aliphatic carbocycles. The lowest BCUT2D eigenvalue weighted by molar-refractivity contribution is -0.119. The summed E-state index contributed by atoms with van der Waals surface area (Å²) in [5.41, 5.74) is 1.98. The van der Waals surface area contributed by atoms with Gasteiger partial charge in [0, 0.05) is 28.4 Å². The molecule has 1 aromatic heterocycles. The third kappa shape index (κ3) is 4.14. The molecule has 0 spiro atoms. The number of nitrogens with zero attached hydrogens (tertiary/aromatic N) is 2. The fraction of sp³-hybridized carbons (Fsp3) is 0.375. The number of rotatable bonds is 5. The van der Waals surface area contributed by atoms with E-state index in [0.29, 0.717) is 18.9 Å². The highest BCUT2D eigenvalue weighted by atomic mass is 79.9. The average molecular weight is 367 g/mol. The molecular weight excluding hydrogens is 348 g/mol. The summed E-state index contributed by atoms with van der Waals surface area (Å²) in [7, 11) is 0. The average Bonchev–Trinajstić information content (AvgIpc) is 2.89. The van der Waals surface area contributed by atoms with E-state index in [2.05, 4.69) is 34.8 Å². The van der Waals surface area contributed by atoms with Gasteiger partial charge in [-0.25, -0.2) is 4.98 Å². The lowest BCUT2D eigenvalue weighted by atomic mass is 10.1. The summed E-state index contributed by atoms with van der Waals surface area (Å²) in [6, 6.07) is 8.04. The number of halogens is 1. The minimum Gasteiger partial charge on any atom is -0.288 e. The largest absolute Gasteiger partial charge is 0.288 e. The van der Waals surface area contributed by atoms with Crippen LogP contribution in [0, 0.1) is 5.92 Å². The van der Waals surface area contributed by atoms with Gasteiger partial charge in [-0.15, -0.1) is 11.3 Å². The number of carbonyl (C=O) groups excluding carboxylic acids is 1. The number of aromatic nitrogens is 1. The fourth-order valence-corrected chi connectivity index (χ4v) is 3.20. The molecule has 1 aromatic carbocycles. The van der Waals surface area contributed by atoms with Gasteiger partial charge in [0.2, 0.25) is 5.91 Å². The second kappa shape index (κ2) is 7.18. The van der Waals surface area contributed by atoms with Crippen LogP contribution >= 0.6 is 27.3 Å². The summed E-state index contributed by atoms with van der Waals surface area (Å²) in [4.78, 5) is 18.7. The van der Waals surface area contributed by atoms with Crippen LogP contribution < -0.4 is 4.90 Å². The number of benzene rings is 1. The fourth-order valence-electron chi connectivity index (χ4n) is 2.02. The van der Waals surface area contributed by atoms with Crippen molar-refractivity contribution in [2.45, 2.75) is 27.2 Å². The molecule has 0 saturated heterocycles. The molecule has 0 radical (unpaired) electrons. The number of amides is 1. The Morgan fingerprint density at radius 2 is 2.00 bits per heavy atom. The molecule has 3 nitrogen and oxygen atoms in total. The van der Waals surface area contributed by atoms with Gasteiger partial charge in [-0.3, -0.25) is 9.69 Å². The Morgan fingerprint density at radius 1 is 1.33 bits per heavy atom. The van der Waals surface area contributed by atoms with Crippen molar-refractivity contribution < 1.29 is 4.79 Å². The van der Waals surface area contributed by atoms with E-state index in [9.17, 15) is 4.79 Å². The first-order chi connectivity index (χ1) is 10.0. The number of carbonyl (C=O) groups is 1. The molecule has 0 aliphatic rings. The van der Waals surface area contributed by atoms with E-state index in [0.717, 1.165) is 20.9 Å². The number of hydrogen-bond donors (Lipinski definition) is 0. The Hall–Kier alpha value is -1.20. The molecule has 5 heteroatoms. The predicted octanol–water partition coefficient (Wildman–Crippen LogP) is 4.97. The molecule has 2 rings (SSSR count). The zero-order valence-corrected chi connectivity index (χ0v) is 14.9. The van der Waals surface area contributed by atoms with Gasteiger partial charge in [0.1, 0.15) is 0 Å². The predicted molar refractivity (Wildman–Crippen MR) is 92.7 cm³/mol. The second-order valence-corrected chi connectivity index (χ2v) is 7.01. The Balaban J connectivity index is 2.21. The van der Waals surface area contributed by atoms with Gasteiger partial charge in [0.05, 0.1) is 5.69 Å². The topological polar surface area (TPSA) is 33.2 Å². The van der Waals surface area contributed by atoms with Crippen LogP contribution in [0.5, 0.6) is 0 Å². The van der Waals surface area contributed by atoms with Crippen LogP contribution in [0.3, 0.4) is 0 Å². The third-order valence-corrected chi connectivity index (χ3v) is 4.46. The third-order valence-electron chi connectivity index (χ3n) is 3.06. The molecule has 0 atom stereocenters. The molecule has 0 saturated carbocycles. The van der Waals surface area contributed by atoms with Gasteiger partial charge < -0.3 is 0 Å². The van der Waals surface area contributed by atoms with E-state index in [1.54, 1.807) is 4.90 Å². The van der Waals surface area contributed by atoms with Gasteiger partial charge in [0.25, 0.3) is 0 Å². The number of thiazole rings is 1. The van der Waals surface area contributed by atoms with E-state index < -0.39 is 0 Å². The Bertz CT molecular complexity index is 607. The smallest absolute Gasteiger partial charge is 0.229 e. The van der Waals surface area contributed by atoms with Crippen molar-refractivity contribution in [1.29, 1.82) is 0 Å². The van der Waals surface area contributed by atoms with E-state index in [1.165, 1.54) is 11.3 Å². The van der Waals surface area contributed by atoms with Crippen molar-refractivity contribution in [3.05, 3.63) is 34.1 Å². The van der Waals surface area contributed by atoms with Crippen molar-refractivity contribution in [3.63, 3.8) is 0 Å². The highest BCUT2D eigenvalue weighted by Crippen LogP contribution is 2.28. The van der Waals surface area contributed by atoms with Crippen LogP contribution in [-0.2, 0) is 4.79 Å². The summed E-state index contributed by atoms with van der Waals surface area (Å²) in [6.07, 6.45) is 0.557. The van der Waals surface area contributed by atoms with E-state index in [4.69, 9.17) is 0 Å². The van der Waals surface area contributed by atoms with E-state index in [1.807, 2.05) is 36.6 Å². The van der Waals surface area contributed by atoms with Crippen LogP contribution in [0.15, 0.2) is 34.1 Å². The summed E-state index contributed by atoms with van der Waals surface area (Å²) < 4.78 is 1.05. The van der Waals surface area contributed by atoms with Crippen molar-refractivity contribution in [2.24, 2.45) is 5.92 Å². The van der Waals surface area contributed by atoms with Gasteiger partial charge >= 0.3 is 0 Å². The van der Waals surface area contributed by atoms with Gasteiger partial charge in [-0.1, -0.05) is 41.9 Å². The SMILES string of the molecule is CCN(C(=O)CC(C)C)c1nc(-c2ccc(Br)cc2)cs1. The minimum atomic E-state index is 0.143. The molecule has 2 aromatic rings. The minimum absolute atomic E-state index is 0.143. The molecule has 0 N–H and O–H groups in total. The lowest BCUT2D eigenvalue weighted by Crippen LogP contribution is -2.31. The first kappa shape index (κ1) is 16.2. The molecule has 0 bridgehead atoms. The van der Waals surface area contributed by atoms with Crippen LogP contribution in [0.25, 0.3) is 11.3 Å². The monoisotopic (exact) mass is 366 g/mol. The first-order valence-electron chi connectivity index (χ1n) is 7.03. The molecular formula is C16H19BrN2OS. The Labute approximate surface area is 138 Å². The zero-order valence-electron chi connectivity index (χ0n) is 12.5. The molecule has 1 heterocycles. The lowest BCUT2D eigenvalue weighted by Gasteiger charge is -2.18. The molecule has 112 valence electrons. The molecule has 0 unspecified atom stereocenters. The molecule has 21 heavy (non-hydrogen) atoms. The van der Waals surface area contributed by atoms with Crippen LogP contribution in [0.2, 0.25) is 0 Å². The standard InChI is InChI=1S/C16H19BrN2OS/c1-4-19(15(20)9-11(2)3)16-18-14(10-21-16)12-5-7-13(17)8-6-12/h5-8,10-11H,4,9H2,1-3H3. The second-order valence-electron chi connectivity index (χ2n) is 5.26. The highest BCUT2D eigenvalue weighted by molar-refractivity contribution is 9.10. The summed E-state index contributed by atoms with van der Waals surface area (Å²) in [6.45, 7) is 6.75. The van der Waals surface area contributed by atoms with E-state index in [-0.39, 0.29) is 5.91 Å². The maximum atomic E-state index is 12.3. The van der Waals surface area contributed by atoms with Gasteiger partial charge in [-0.2, -0.15) is 0 Å². The van der Waals surface area contributed by atoms with E-state index >= 15 is 0 Å². The molecule has 0 aliphatic heterocycles. The zero-order chi connectivity index (χ0) is 15.4. The van der Waals surface area contributed by atoms with Crippen molar-refractivity contribution >= 4 is 38.3 Å². The summed E-state index contributed by atoms with van der Waals surface area (Å²) in [5.74, 6) is 0.502. The van der Waals surface area contributed by atoms with Crippen molar-refractivity contribution in [3.8, 4) is 11.3 Å².